The molecule has 0 unspecified atom stereocenters. The highest BCUT2D eigenvalue weighted by atomic mass is 16.5. The maximum Gasteiger partial charge on any atom is 0.336 e. The Labute approximate surface area is 162 Å². The zero-order valence-corrected chi connectivity index (χ0v) is 15.4. The summed E-state index contributed by atoms with van der Waals surface area (Å²) in [6.07, 6.45) is 4.66. The summed E-state index contributed by atoms with van der Waals surface area (Å²) in [6, 6.07) is 15.6. The molecule has 28 heavy (non-hydrogen) atoms. The highest BCUT2D eigenvalue weighted by Crippen LogP contribution is 2.29. The van der Waals surface area contributed by atoms with E-state index in [1.165, 1.54) is 18.9 Å². The zero-order valence-electron chi connectivity index (χ0n) is 15.4. The van der Waals surface area contributed by atoms with Gasteiger partial charge in [-0.3, -0.25) is 4.79 Å². The number of fused-ring (bicyclic) bond motifs is 1. The van der Waals surface area contributed by atoms with E-state index in [0.29, 0.717) is 22.8 Å². The van der Waals surface area contributed by atoms with E-state index < -0.39 is 5.63 Å². The minimum absolute atomic E-state index is 0.166. The van der Waals surface area contributed by atoms with Crippen LogP contribution < -0.4 is 20.4 Å². The fourth-order valence-corrected chi connectivity index (χ4v) is 3.32. The van der Waals surface area contributed by atoms with Crippen molar-refractivity contribution in [3.05, 3.63) is 65.0 Å². The fourth-order valence-electron chi connectivity index (χ4n) is 3.32. The Morgan fingerprint density at radius 3 is 2.71 bits per heavy atom. The van der Waals surface area contributed by atoms with Crippen molar-refractivity contribution in [2.24, 2.45) is 0 Å². The van der Waals surface area contributed by atoms with Crippen LogP contribution in [0.25, 0.3) is 11.0 Å². The average molecular weight is 379 g/mol. The van der Waals surface area contributed by atoms with Gasteiger partial charge in [-0.2, -0.15) is 0 Å². The van der Waals surface area contributed by atoms with E-state index in [4.69, 9.17) is 13.9 Å². The van der Waals surface area contributed by atoms with Gasteiger partial charge in [0.25, 0.3) is 5.91 Å². The molecule has 0 spiro atoms. The van der Waals surface area contributed by atoms with Gasteiger partial charge in [0.15, 0.2) is 6.61 Å². The molecule has 1 aliphatic carbocycles. The first-order valence-corrected chi connectivity index (χ1v) is 9.40. The molecule has 144 valence electrons. The number of carbonyl (C=O) groups excluding carboxylic acids is 1. The van der Waals surface area contributed by atoms with Gasteiger partial charge in [0.1, 0.15) is 17.1 Å². The number of hydrogen-bond acceptors (Lipinski definition) is 5. The minimum Gasteiger partial charge on any atom is -0.488 e. The molecule has 0 aliphatic heterocycles. The monoisotopic (exact) mass is 379 g/mol. The lowest BCUT2D eigenvalue weighted by molar-refractivity contribution is -0.118. The number of amides is 1. The SMILES string of the molecule is O=C(COc1ccc2ccc(=O)oc2c1)Nc1ccccc1OC1CCCC1. The van der Waals surface area contributed by atoms with Crippen molar-refractivity contribution in [1.82, 2.24) is 0 Å². The molecule has 1 saturated carbocycles. The Hall–Kier alpha value is -3.28. The Morgan fingerprint density at radius 1 is 1.07 bits per heavy atom. The van der Waals surface area contributed by atoms with Gasteiger partial charge >= 0.3 is 5.63 Å². The van der Waals surface area contributed by atoms with Crippen LogP contribution in [0, 0.1) is 0 Å². The van der Waals surface area contributed by atoms with E-state index in [0.717, 1.165) is 18.2 Å². The summed E-state index contributed by atoms with van der Waals surface area (Å²) in [6.45, 7) is -0.166. The van der Waals surface area contributed by atoms with Crippen molar-refractivity contribution in [1.29, 1.82) is 0 Å². The Morgan fingerprint density at radius 2 is 1.86 bits per heavy atom. The molecule has 1 aliphatic rings. The maximum absolute atomic E-state index is 12.3. The lowest BCUT2D eigenvalue weighted by Gasteiger charge is -2.17. The van der Waals surface area contributed by atoms with Gasteiger partial charge in [-0.25, -0.2) is 4.79 Å². The normalized spacial score (nSPS) is 14.1. The fraction of sp³-hybridized carbons (Fsp3) is 0.273. The van der Waals surface area contributed by atoms with Crippen LogP contribution in [0.3, 0.4) is 0 Å². The van der Waals surface area contributed by atoms with Crippen LogP contribution in [0.1, 0.15) is 25.7 Å². The molecule has 1 heterocycles. The summed E-state index contributed by atoms with van der Waals surface area (Å²) in [5.74, 6) is 0.833. The first-order valence-electron chi connectivity index (χ1n) is 9.40. The molecule has 6 heteroatoms. The molecule has 1 fully saturated rings. The predicted molar refractivity (Wildman–Crippen MR) is 106 cm³/mol. The predicted octanol–water partition coefficient (Wildman–Crippen LogP) is 4.13. The number of rotatable bonds is 6. The van der Waals surface area contributed by atoms with E-state index in [-0.39, 0.29) is 18.6 Å². The largest absolute Gasteiger partial charge is 0.488 e. The molecule has 0 bridgehead atoms. The summed E-state index contributed by atoms with van der Waals surface area (Å²) in [5, 5.41) is 3.63. The molecule has 0 radical (unpaired) electrons. The van der Waals surface area contributed by atoms with Gasteiger partial charge < -0.3 is 19.2 Å². The molecule has 3 aromatic rings. The third-order valence-corrected chi connectivity index (χ3v) is 4.72. The molecular formula is C22H21NO5. The Balaban J connectivity index is 1.39. The van der Waals surface area contributed by atoms with Crippen LogP contribution >= 0.6 is 0 Å². The molecule has 2 aromatic carbocycles. The van der Waals surface area contributed by atoms with Crippen molar-refractivity contribution in [2.45, 2.75) is 31.8 Å². The topological polar surface area (TPSA) is 77.8 Å². The molecule has 6 nitrogen and oxygen atoms in total. The van der Waals surface area contributed by atoms with Crippen molar-refractivity contribution < 1.29 is 18.7 Å². The third kappa shape index (κ3) is 4.34. The van der Waals surface area contributed by atoms with Gasteiger partial charge in [-0.05, 0) is 56.0 Å². The molecule has 1 N–H and O–H groups in total. The third-order valence-electron chi connectivity index (χ3n) is 4.72. The Bertz CT molecular complexity index is 1040. The summed E-state index contributed by atoms with van der Waals surface area (Å²) < 4.78 is 16.7. The molecular weight excluding hydrogens is 358 g/mol. The van der Waals surface area contributed by atoms with Gasteiger partial charge in [0.05, 0.1) is 11.8 Å². The highest BCUT2D eigenvalue weighted by Gasteiger charge is 2.18. The molecule has 4 rings (SSSR count). The van der Waals surface area contributed by atoms with Crippen molar-refractivity contribution >= 4 is 22.6 Å². The summed E-state index contributed by atoms with van der Waals surface area (Å²) in [5.41, 5.74) is 0.620. The van der Waals surface area contributed by atoms with E-state index in [2.05, 4.69) is 5.32 Å². The Kier molecular flexibility index (Phi) is 5.28. The summed E-state index contributed by atoms with van der Waals surface area (Å²) >= 11 is 0. The van der Waals surface area contributed by atoms with Crippen LogP contribution in [0.4, 0.5) is 5.69 Å². The number of ether oxygens (including phenoxy) is 2. The van der Waals surface area contributed by atoms with Crippen molar-refractivity contribution in [3.8, 4) is 11.5 Å². The average Bonchev–Trinajstić information content (AvgIpc) is 3.20. The van der Waals surface area contributed by atoms with E-state index in [1.807, 2.05) is 24.3 Å². The first-order chi connectivity index (χ1) is 13.7. The quantitative estimate of drug-likeness (QED) is 0.652. The van der Waals surface area contributed by atoms with Crippen LogP contribution in [-0.2, 0) is 4.79 Å². The number of nitrogens with one attached hydrogen (secondary N) is 1. The highest BCUT2D eigenvalue weighted by molar-refractivity contribution is 5.93. The first kappa shape index (κ1) is 18.1. The van der Waals surface area contributed by atoms with Crippen LogP contribution in [-0.4, -0.2) is 18.6 Å². The number of para-hydroxylation sites is 2. The van der Waals surface area contributed by atoms with Gasteiger partial charge in [-0.15, -0.1) is 0 Å². The molecule has 1 amide bonds. The van der Waals surface area contributed by atoms with Gasteiger partial charge in [0.2, 0.25) is 0 Å². The lowest BCUT2D eigenvalue weighted by atomic mass is 10.2. The molecule has 0 atom stereocenters. The number of carbonyl (C=O) groups is 1. The van der Waals surface area contributed by atoms with Gasteiger partial charge in [-0.1, -0.05) is 12.1 Å². The van der Waals surface area contributed by atoms with Gasteiger partial charge in [0, 0.05) is 17.5 Å². The van der Waals surface area contributed by atoms with Crippen molar-refractivity contribution in [3.63, 3.8) is 0 Å². The maximum atomic E-state index is 12.3. The zero-order chi connectivity index (χ0) is 19.3. The standard InChI is InChI=1S/C22H21NO5/c24-21(14-26-17-11-9-15-10-12-22(25)28-20(15)13-17)23-18-7-3-4-8-19(18)27-16-5-1-2-6-16/h3-4,7-13,16H,1-2,5-6,14H2,(H,23,24). The minimum atomic E-state index is -0.429. The summed E-state index contributed by atoms with van der Waals surface area (Å²) in [7, 11) is 0. The second-order valence-electron chi connectivity index (χ2n) is 6.81. The van der Waals surface area contributed by atoms with Crippen molar-refractivity contribution in [2.75, 3.05) is 11.9 Å². The van der Waals surface area contributed by atoms with Crippen LogP contribution in [0.2, 0.25) is 0 Å². The molecule has 0 saturated heterocycles. The van der Waals surface area contributed by atoms with Crippen LogP contribution in [0.15, 0.2) is 63.8 Å². The smallest absolute Gasteiger partial charge is 0.336 e. The number of anilines is 1. The number of benzene rings is 2. The van der Waals surface area contributed by atoms with E-state index in [1.54, 1.807) is 24.3 Å². The summed E-state index contributed by atoms with van der Waals surface area (Å²) in [4.78, 5) is 23.7. The molecule has 1 aromatic heterocycles. The second-order valence-corrected chi connectivity index (χ2v) is 6.81. The van der Waals surface area contributed by atoms with Crippen LogP contribution in [0.5, 0.6) is 11.5 Å². The second kappa shape index (κ2) is 8.17. The number of hydrogen-bond donors (Lipinski definition) is 1. The van der Waals surface area contributed by atoms with E-state index >= 15 is 0 Å². The lowest BCUT2D eigenvalue weighted by Crippen LogP contribution is -2.21. The van der Waals surface area contributed by atoms with E-state index in [9.17, 15) is 9.59 Å².